The quantitative estimate of drug-likeness (QED) is 0.848. The molecule has 3 atom stereocenters. The van der Waals surface area contributed by atoms with Crippen LogP contribution in [0.5, 0.6) is 0 Å². The molecule has 1 amide bonds. The molecule has 5 heteroatoms. The zero-order valence-corrected chi connectivity index (χ0v) is 14.9. The van der Waals surface area contributed by atoms with E-state index in [2.05, 4.69) is 42.7 Å². The second kappa shape index (κ2) is 6.64. The molecule has 1 unspecified atom stereocenters. The molecule has 5 nitrogen and oxygen atoms in total. The summed E-state index contributed by atoms with van der Waals surface area (Å²) in [4.78, 5) is 12.4. The monoisotopic (exact) mass is 338 g/mol. The number of carbonyl (C=O) groups excluding carboxylic acids is 1. The summed E-state index contributed by atoms with van der Waals surface area (Å²) in [5.41, 5.74) is 3.19. The Morgan fingerprint density at radius 1 is 1.28 bits per heavy atom. The zero-order chi connectivity index (χ0) is 17.4. The number of rotatable bonds is 6. The topological polar surface area (TPSA) is 59.0 Å². The van der Waals surface area contributed by atoms with Crippen LogP contribution in [0.1, 0.15) is 25.2 Å². The maximum atomic E-state index is 12.4. The van der Waals surface area contributed by atoms with Crippen LogP contribution in [-0.4, -0.2) is 28.8 Å². The molecule has 0 bridgehead atoms. The van der Waals surface area contributed by atoms with E-state index in [0.717, 1.165) is 30.9 Å². The Kier molecular flexibility index (Phi) is 4.34. The molecule has 2 fully saturated rings. The Balaban J connectivity index is 1.46. The van der Waals surface area contributed by atoms with Gasteiger partial charge in [0.1, 0.15) is 0 Å². The van der Waals surface area contributed by atoms with Crippen LogP contribution >= 0.6 is 0 Å². The van der Waals surface area contributed by atoms with E-state index in [9.17, 15) is 4.79 Å². The second-order valence-corrected chi connectivity index (χ2v) is 7.70. The van der Waals surface area contributed by atoms with Crippen molar-refractivity contribution in [3.05, 3.63) is 47.8 Å². The van der Waals surface area contributed by atoms with Crippen molar-refractivity contribution >= 4 is 5.91 Å². The lowest BCUT2D eigenvalue weighted by molar-refractivity contribution is -0.123. The summed E-state index contributed by atoms with van der Waals surface area (Å²) < 4.78 is 2.01. The molecular formula is C20H26N4O. The predicted molar refractivity (Wildman–Crippen MR) is 97.3 cm³/mol. The first-order valence-corrected chi connectivity index (χ1v) is 9.25. The van der Waals surface area contributed by atoms with E-state index in [-0.39, 0.29) is 11.8 Å². The highest BCUT2D eigenvalue weighted by atomic mass is 16.2. The number of amides is 1. The van der Waals surface area contributed by atoms with Crippen LogP contribution in [0.15, 0.2) is 36.4 Å². The van der Waals surface area contributed by atoms with Crippen molar-refractivity contribution < 1.29 is 4.79 Å². The van der Waals surface area contributed by atoms with Gasteiger partial charge in [0.15, 0.2) is 0 Å². The van der Waals surface area contributed by atoms with Gasteiger partial charge >= 0.3 is 0 Å². The standard InChI is InChI=1S/C20H26N4O/c1-13(2)8-16-9-14(23-24(16)15-6-4-3-5-7-15)10-22-20(25)19-17-11-21-12-18(17)19/h3-7,9,13,17-19,21H,8,10-12H2,1-2H3,(H,22,25)/t17-,18+,19?. The Hall–Kier alpha value is -2.14. The minimum atomic E-state index is 0.191. The van der Waals surface area contributed by atoms with Crippen LogP contribution < -0.4 is 10.6 Å². The van der Waals surface area contributed by atoms with Gasteiger partial charge in [0.25, 0.3) is 0 Å². The van der Waals surface area contributed by atoms with Gasteiger partial charge in [-0.1, -0.05) is 32.0 Å². The average molecular weight is 338 g/mol. The fourth-order valence-electron chi connectivity index (χ4n) is 4.02. The van der Waals surface area contributed by atoms with Gasteiger partial charge in [0.2, 0.25) is 5.91 Å². The van der Waals surface area contributed by atoms with Crippen LogP contribution in [0, 0.1) is 23.7 Å². The molecule has 1 aliphatic heterocycles. The van der Waals surface area contributed by atoms with Crippen LogP contribution in [0.4, 0.5) is 0 Å². The van der Waals surface area contributed by atoms with Crippen molar-refractivity contribution in [2.45, 2.75) is 26.8 Å². The Labute approximate surface area is 148 Å². The minimum Gasteiger partial charge on any atom is -0.350 e. The third kappa shape index (κ3) is 3.33. The number of benzene rings is 1. The van der Waals surface area contributed by atoms with Gasteiger partial charge in [-0.3, -0.25) is 4.79 Å². The molecule has 0 spiro atoms. The van der Waals surface area contributed by atoms with Crippen molar-refractivity contribution in [3.63, 3.8) is 0 Å². The van der Waals surface area contributed by atoms with Crippen molar-refractivity contribution in [2.75, 3.05) is 13.1 Å². The number of piperidine rings is 1. The van der Waals surface area contributed by atoms with E-state index in [1.165, 1.54) is 5.69 Å². The highest BCUT2D eigenvalue weighted by Gasteiger charge is 2.56. The average Bonchev–Trinajstić information content (AvgIpc) is 2.95. The molecule has 1 aromatic carbocycles. The lowest BCUT2D eigenvalue weighted by Crippen LogP contribution is -2.29. The lowest BCUT2D eigenvalue weighted by atomic mass is 10.1. The fraction of sp³-hybridized carbons (Fsp3) is 0.500. The van der Waals surface area contributed by atoms with Gasteiger partial charge in [-0.2, -0.15) is 5.10 Å². The summed E-state index contributed by atoms with van der Waals surface area (Å²) >= 11 is 0. The normalized spacial score (nSPS) is 24.4. The molecule has 1 saturated heterocycles. The maximum Gasteiger partial charge on any atom is 0.224 e. The third-order valence-electron chi connectivity index (χ3n) is 5.29. The van der Waals surface area contributed by atoms with E-state index >= 15 is 0 Å². The van der Waals surface area contributed by atoms with Crippen LogP contribution in [0.25, 0.3) is 5.69 Å². The maximum absolute atomic E-state index is 12.4. The first kappa shape index (κ1) is 16.3. The van der Waals surface area contributed by atoms with Crippen molar-refractivity contribution in [3.8, 4) is 5.69 Å². The lowest BCUT2D eigenvalue weighted by Gasteiger charge is -2.09. The Bertz CT molecular complexity index is 742. The number of carbonyl (C=O) groups is 1. The van der Waals surface area contributed by atoms with Gasteiger partial charge < -0.3 is 10.6 Å². The number of para-hydroxylation sites is 1. The van der Waals surface area contributed by atoms with E-state index in [1.54, 1.807) is 0 Å². The molecule has 2 heterocycles. The molecular weight excluding hydrogens is 312 g/mol. The number of fused-ring (bicyclic) bond motifs is 1. The smallest absolute Gasteiger partial charge is 0.224 e. The van der Waals surface area contributed by atoms with Gasteiger partial charge in [-0.25, -0.2) is 4.68 Å². The van der Waals surface area contributed by atoms with E-state index in [1.807, 2.05) is 22.9 Å². The van der Waals surface area contributed by atoms with E-state index < -0.39 is 0 Å². The molecule has 4 rings (SSSR count). The first-order valence-electron chi connectivity index (χ1n) is 9.25. The van der Waals surface area contributed by atoms with Crippen LogP contribution in [0.3, 0.4) is 0 Å². The fourth-order valence-corrected chi connectivity index (χ4v) is 4.02. The van der Waals surface area contributed by atoms with E-state index in [0.29, 0.717) is 24.3 Å². The summed E-state index contributed by atoms with van der Waals surface area (Å²) in [7, 11) is 0. The zero-order valence-electron chi connectivity index (χ0n) is 14.9. The summed E-state index contributed by atoms with van der Waals surface area (Å²) in [6, 6.07) is 12.3. The molecule has 2 aliphatic rings. The first-order chi connectivity index (χ1) is 12.1. The summed E-state index contributed by atoms with van der Waals surface area (Å²) in [5.74, 6) is 2.07. The molecule has 0 radical (unpaired) electrons. The third-order valence-corrected chi connectivity index (χ3v) is 5.29. The highest BCUT2D eigenvalue weighted by Crippen LogP contribution is 2.48. The van der Waals surface area contributed by atoms with Crippen LogP contribution in [0.2, 0.25) is 0 Å². The molecule has 132 valence electrons. The van der Waals surface area contributed by atoms with Crippen molar-refractivity contribution in [1.82, 2.24) is 20.4 Å². The summed E-state index contributed by atoms with van der Waals surface area (Å²) in [6.07, 6.45) is 0.967. The van der Waals surface area contributed by atoms with Crippen molar-refractivity contribution in [1.29, 1.82) is 0 Å². The van der Waals surface area contributed by atoms with Gasteiger partial charge in [0.05, 0.1) is 17.9 Å². The minimum absolute atomic E-state index is 0.191. The molecule has 2 aromatic rings. The molecule has 1 aromatic heterocycles. The van der Waals surface area contributed by atoms with Crippen molar-refractivity contribution in [2.24, 2.45) is 23.7 Å². The summed E-state index contributed by atoms with van der Waals surface area (Å²) in [6.45, 7) is 6.91. The largest absolute Gasteiger partial charge is 0.350 e. The van der Waals surface area contributed by atoms with Gasteiger partial charge in [-0.15, -0.1) is 0 Å². The number of nitrogens with one attached hydrogen (secondary N) is 2. The Morgan fingerprint density at radius 2 is 2.00 bits per heavy atom. The number of aromatic nitrogens is 2. The SMILES string of the molecule is CC(C)Cc1cc(CNC(=O)C2[C@H]3CNC[C@@H]23)nn1-c1ccccc1. The number of hydrogen-bond donors (Lipinski definition) is 2. The number of hydrogen-bond acceptors (Lipinski definition) is 3. The predicted octanol–water partition coefficient (Wildman–Crippen LogP) is 2.15. The van der Waals surface area contributed by atoms with Gasteiger partial charge in [0, 0.05) is 11.6 Å². The molecule has 1 saturated carbocycles. The number of nitrogens with zero attached hydrogens (tertiary/aromatic N) is 2. The second-order valence-electron chi connectivity index (χ2n) is 7.70. The van der Waals surface area contributed by atoms with Crippen LogP contribution in [-0.2, 0) is 17.8 Å². The van der Waals surface area contributed by atoms with E-state index in [4.69, 9.17) is 5.10 Å². The summed E-state index contributed by atoms with van der Waals surface area (Å²) in [5, 5.41) is 11.2. The molecule has 1 aliphatic carbocycles. The molecule has 2 N–H and O–H groups in total. The Morgan fingerprint density at radius 3 is 2.68 bits per heavy atom. The molecule has 25 heavy (non-hydrogen) atoms. The highest BCUT2D eigenvalue weighted by molar-refractivity contribution is 5.82. The van der Waals surface area contributed by atoms with Gasteiger partial charge in [-0.05, 0) is 55.5 Å².